The molecule has 0 bridgehead atoms. The molecule has 1 aliphatic rings. The van der Waals surface area contributed by atoms with Gasteiger partial charge in [-0.1, -0.05) is 26.0 Å². The Morgan fingerprint density at radius 3 is 2.40 bits per heavy atom. The Morgan fingerprint density at radius 1 is 1.30 bits per heavy atom. The highest BCUT2D eigenvalue weighted by Crippen LogP contribution is 2.39. The lowest BCUT2D eigenvalue weighted by Gasteiger charge is -2.26. The Labute approximate surface area is 120 Å². The van der Waals surface area contributed by atoms with Crippen molar-refractivity contribution in [2.75, 3.05) is 12.3 Å². The van der Waals surface area contributed by atoms with Crippen LogP contribution in [0.5, 0.6) is 0 Å². The number of carbonyl (C=O) groups excluding carboxylic acids is 1. The lowest BCUT2D eigenvalue weighted by atomic mass is 10.1. The van der Waals surface area contributed by atoms with E-state index in [0.717, 1.165) is 23.4 Å². The highest BCUT2D eigenvalue weighted by Gasteiger charge is 2.33. The van der Waals surface area contributed by atoms with Gasteiger partial charge in [0.2, 0.25) is 5.91 Å². The van der Waals surface area contributed by atoms with Gasteiger partial charge in [0.15, 0.2) is 0 Å². The van der Waals surface area contributed by atoms with Crippen molar-refractivity contribution in [3.63, 3.8) is 0 Å². The van der Waals surface area contributed by atoms with E-state index in [9.17, 15) is 18.0 Å². The minimum absolute atomic E-state index is 0.0416. The van der Waals surface area contributed by atoms with Crippen LogP contribution in [0.3, 0.4) is 0 Å². The third kappa shape index (κ3) is 3.11. The van der Waals surface area contributed by atoms with Crippen LogP contribution in [0.4, 0.5) is 13.2 Å². The van der Waals surface area contributed by atoms with Gasteiger partial charge in [-0.2, -0.15) is 13.2 Å². The minimum atomic E-state index is -4.32. The van der Waals surface area contributed by atoms with E-state index in [4.69, 9.17) is 0 Å². The molecular formula is C14H16F3NOS. The summed E-state index contributed by atoms with van der Waals surface area (Å²) in [5, 5.41) is -0.174. The van der Waals surface area contributed by atoms with Gasteiger partial charge in [-0.05, 0) is 17.7 Å². The number of halogens is 3. The maximum atomic E-state index is 12.5. The zero-order valence-corrected chi connectivity index (χ0v) is 12.1. The van der Waals surface area contributed by atoms with Crippen molar-refractivity contribution in [2.45, 2.75) is 25.4 Å². The van der Waals surface area contributed by atoms with Crippen molar-refractivity contribution in [3.05, 3.63) is 35.4 Å². The first-order valence-corrected chi connectivity index (χ1v) is 7.45. The molecule has 1 saturated heterocycles. The Balaban J connectivity index is 2.20. The lowest BCUT2D eigenvalue weighted by molar-refractivity contribution is -0.138. The second-order valence-corrected chi connectivity index (χ2v) is 6.22. The summed E-state index contributed by atoms with van der Waals surface area (Å²) in [7, 11) is 0. The molecule has 1 aliphatic heterocycles. The van der Waals surface area contributed by atoms with Crippen LogP contribution in [0.15, 0.2) is 24.3 Å². The zero-order valence-electron chi connectivity index (χ0n) is 11.3. The molecule has 0 spiro atoms. The van der Waals surface area contributed by atoms with E-state index in [1.165, 1.54) is 12.1 Å². The second-order valence-electron chi connectivity index (χ2n) is 5.03. The van der Waals surface area contributed by atoms with Gasteiger partial charge in [0, 0.05) is 18.2 Å². The minimum Gasteiger partial charge on any atom is -0.326 e. The molecule has 0 N–H and O–H groups in total. The molecule has 1 heterocycles. The number of thioether (sulfide) groups is 1. The van der Waals surface area contributed by atoms with Crippen molar-refractivity contribution < 1.29 is 18.0 Å². The molecule has 1 aromatic carbocycles. The molecule has 1 atom stereocenters. The molecule has 0 aliphatic carbocycles. The van der Waals surface area contributed by atoms with E-state index in [2.05, 4.69) is 0 Å². The second kappa shape index (κ2) is 5.68. The van der Waals surface area contributed by atoms with Crippen molar-refractivity contribution in [1.29, 1.82) is 0 Å². The average Bonchev–Trinajstić information content (AvgIpc) is 2.85. The van der Waals surface area contributed by atoms with Gasteiger partial charge in [-0.3, -0.25) is 4.79 Å². The summed E-state index contributed by atoms with van der Waals surface area (Å²) in [6.45, 7) is 4.30. The van der Waals surface area contributed by atoms with Crippen molar-refractivity contribution in [2.24, 2.45) is 5.92 Å². The van der Waals surface area contributed by atoms with Crippen LogP contribution >= 0.6 is 11.8 Å². The fourth-order valence-corrected chi connectivity index (χ4v) is 3.40. The largest absolute Gasteiger partial charge is 0.416 e. The van der Waals surface area contributed by atoms with Gasteiger partial charge >= 0.3 is 6.18 Å². The van der Waals surface area contributed by atoms with Crippen LogP contribution < -0.4 is 0 Å². The smallest absolute Gasteiger partial charge is 0.326 e. The summed E-state index contributed by atoms with van der Waals surface area (Å²) < 4.78 is 37.6. The van der Waals surface area contributed by atoms with Crippen LogP contribution in [0, 0.1) is 5.92 Å². The predicted molar refractivity (Wildman–Crippen MR) is 73.2 cm³/mol. The normalized spacial score (nSPS) is 19.7. The van der Waals surface area contributed by atoms with E-state index in [-0.39, 0.29) is 17.2 Å². The Morgan fingerprint density at radius 2 is 1.90 bits per heavy atom. The fourth-order valence-electron chi connectivity index (χ4n) is 2.14. The lowest BCUT2D eigenvalue weighted by Crippen LogP contribution is -2.33. The SMILES string of the molecule is CC(C)C(=O)N1CCS[C@H]1c1ccc(C(F)(F)F)cc1. The average molecular weight is 303 g/mol. The summed E-state index contributed by atoms with van der Waals surface area (Å²) in [6, 6.07) is 5.08. The molecular weight excluding hydrogens is 287 g/mol. The number of rotatable bonds is 2. The molecule has 110 valence electrons. The number of alkyl halides is 3. The first-order valence-electron chi connectivity index (χ1n) is 6.40. The van der Waals surface area contributed by atoms with Crippen LogP contribution in [-0.2, 0) is 11.0 Å². The van der Waals surface area contributed by atoms with Gasteiger partial charge in [-0.15, -0.1) is 11.8 Å². The van der Waals surface area contributed by atoms with Gasteiger partial charge < -0.3 is 4.90 Å². The summed E-state index contributed by atoms with van der Waals surface area (Å²) in [5.41, 5.74) is 0.0838. The maximum absolute atomic E-state index is 12.5. The fraction of sp³-hybridized carbons (Fsp3) is 0.500. The molecule has 0 radical (unpaired) electrons. The first kappa shape index (κ1) is 15.2. The van der Waals surface area contributed by atoms with E-state index < -0.39 is 11.7 Å². The molecule has 1 aromatic rings. The van der Waals surface area contributed by atoms with Gasteiger partial charge in [0.1, 0.15) is 5.37 Å². The van der Waals surface area contributed by atoms with Crippen LogP contribution in [0.1, 0.15) is 30.3 Å². The van der Waals surface area contributed by atoms with Crippen LogP contribution in [-0.4, -0.2) is 23.1 Å². The number of hydrogen-bond donors (Lipinski definition) is 0. The first-order chi connectivity index (χ1) is 9.30. The van der Waals surface area contributed by atoms with Crippen molar-refractivity contribution >= 4 is 17.7 Å². The number of amides is 1. The summed E-state index contributed by atoms with van der Waals surface area (Å²) in [5.74, 6) is 0.745. The van der Waals surface area contributed by atoms with Crippen LogP contribution in [0.25, 0.3) is 0 Å². The van der Waals surface area contributed by atoms with E-state index >= 15 is 0 Å². The van der Waals surface area contributed by atoms with E-state index in [1.54, 1.807) is 16.7 Å². The number of nitrogens with zero attached hydrogens (tertiary/aromatic N) is 1. The van der Waals surface area contributed by atoms with E-state index in [0.29, 0.717) is 6.54 Å². The Bertz CT molecular complexity index is 484. The summed E-state index contributed by atoms with van der Waals surface area (Å²) in [4.78, 5) is 13.8. The number of carbonyl (C=O) groups is 1. The molecule has 2 rings (SSSR count). The standard InChI is InChI=1S/C14H16F3NOS/c1-9(2)12(19)18-7-8-20-13(18)10-3-5-11(6-4-10)14(15,16)17/h3-6,9,13H,7-8H2,1-2H3/t13-/m0/s1. The molecule has 20 heavy (non-hydrogen) atoms. The molecule has 6 heteroatoms. The van der Waals surface area contributed by atoms with Gasteiger partial charge in [0.05, 0.1) is 5.56 Å². The highest BCUT2D eigenvalue weighted by atomic mass is 32.2. The molecule has 0 saturated carbocycles. The van der Waals surface area contributed by atoms with Crippen molar-refractivity contribution in [1.82, 2.24) is 4.90 Å². The maximum Gasteiger partial charge on any atom is 0.416 e. The Hall–Kier alpha value is -1.17. The van der Waals surface area contributed by atoms with Crippen molar-refractivity contribution in [3.8, 4) is 0 Å². The third-order valence-electron chi connectivity index (χ3n) is 3.19. The molecule has 1 fully saturated rings. The predicted octanol–water partition coefficient (Wildman–Crippen LogP) is 3.94. The molecule has 2 nitrogen and oxygen atoms in total. The number of hydrogen-bond acceptors (Lipinski definition) is 2. The van der Waals surface area contributed by atoms with Gasteiger partial charge in [-0.25, -0.2) is 0 Å². The number of benzene rings is 1. The van der Waals surface area contributed by atoms with E-state index in [1.807, 2.05) is 13.8 Å². The molecule has 0 aromatic heterocycles. The highest BCUT2D eigenvalue weighted by molar-refractivity contribution is 7.99. The summed E-state index contributed by atoms with van der Waals surface area (Å²) >= 11 is 1.59. The zero-order chi connectivity index (χ0) is 14.9. The van der Waals surface area contributed by atoms with Gasteiger partial charge in [0.25, 0.3) is 0 Å². The van der Waals surface area contributed by atoms with Crippen LogP contribution in [0.2, 0.25) is 0 Å². The topological polar surface area (TPSA) is 20.3 Å². The monoisotopic (exact) mass is 303 g/mol. The quantitative estimate of drug-likeness (QED) is 0.825. The Kier molecular flexibility index (Phi) is 4.32. The third-order valence-corrected chi connectivity index (χ3v) is 4.45. The molecule has 0 unspecified atom stereocenters. The summed E-state index contributed by atoms with van der Waals surface area (Å²) in [6.07, 6.45) is -4.32. The molecule has 1 amide bonds.